The van der Waals surface area contributed by atoms with Gasteiger partial charge in [-0.1, -0.05) is 36.6 Å². The molecule has 3 atom stereocenters. The molecule has 1 saturated heterocycles. The molecule has 0 radical (unpaired) electrons. The SMILES string of the molecule is Cc1c(C)c2ccc(OCC(=O)N3CC[C@@]4(O)CCCC[C@H]4[C@@H]3c3ccc(Cl)cc3)c(C)c2oc1=O. The van der Waals surface area contributed by atoms with Crippen LogP contribution >= 0.6 is 11.6 Å². The summed E-state index contributed by atoms with van der Waals surface area (Å²) in [4.78, 5) is 27.6. The molecule has 36 heavy (non-hydrogen) atoms. The number of aliphatic hydroxyl groups is 1. The van der Waals surface area contributed by atoms with Gasteiger partial charge in [-0.25, -0.2) is 4.79 Å². The molecule has 1 saturated carbocycles. The van der Waals surface area contributed by atoms with E-state index in [2.05, 4.69) is 0 Å². The van der Waals surface area contributed by atoms with E-state index in [1.807, 2.05) is 55.1 Å². The van der Waals surface area contributed by atoms with Gasteiger partial charge in [0.05, 0.1) is 11.6 Å². The fraction of sp³-hybridized carbons (Fsp3) is 0.448. The zero-order valence-corrected chi connectivity index (χ0v) is 21.7. The van der Waals surface area contributed by atoms with Crippen molar-refractivity contribution in [3.63, 3.8) is 0 Å². The Morgan fingerprint density at radius 3 is 2.58 bits per heavy atom. The maximum absolute atomic E-state index is 13.5. The Labute approximate surface area is 215 Å². The van der Waals surface area contributed by atoms with E-state index in [1.165, 1.54) is 0 Å². The quantitative estimate of drug-likeness (QED) is 0.460. The summed E-state index contributed by atoms with van der Waals surface area (Å²) in [5, 5.41) is 13.0. The number of amides is 1. The Kier molecular flexibility index (Phi) is 6.60. The second kappa shape index (κ2) is 9.56. The van der Waals surface area contributed by atoms with Crippen molar-refractivity contribution in [2.45, 2.75) is 64.5 Å². The van der Waals surface area contributed by atoms with Crippen LogP contribution in [0, 0.1) is 26.7 Å². The minimum Gasteiger partial charge on any atom is -0.483 e. The molecule has 2 fully saturated rings. The van der Waals surface area contributed by atoms with Crippen LogP contribution in [0.3, 0.4) is 0 Å². The molecule has 1 amide bonds. The number of halogens is 1. The molecule has 2 aromatic carbocycles. The van der Waals surface area contributed by atoms with Gasteiger partial charge in [-0.05, 0) is 75.4 Å². The highest BCUT2D eigenvalue weighted by atomic mass is 35.5. The van der Waals surface area contributed by atoms with Crippen LogP contribution in [0.25, 0.3) is 11.0 Å². The molecule has 0 unspecified atom stereocenters. The number of carbonyl (C=O) groups excluding carboxylic acids is 1. The van der Waals surface area contributed by atoms with E-state index in [9.17, 15) is 14.7 Å². The average molecular weight is 510 g/mol. The molecule has 0 spiro atoms. The van der Waals surface area contributed by atoms with E-state index < -0.39 is 5.60 Å². The highest BCUT2D eigenvalue weighted by Gasteiger charge is 2.50. The normalized spacial score (nSPS) is 24.0. The number of hydrogen-bond acceptors (Lipinski definition) is 5. The molecule has 1 aromatic heterocycles. The number of aryl methyl sites for hydroxylation is 2. The van der Waals surface area contributed by atoms with Crippen LogP contribution in [0.2, 0.25) is 5.02 Å². The van der Waals surface area contributed by atoms with Gasteiger partial charge < -0.3 is 19.2 Å². The standard InChI is InChI=1S/C29H32ClNO5/c1-17-18(2)28(33)36-27-19(3)24(12-11-22(17)27)35-16-25(32)31-15-14-29(34)13-5-4-6-23(29)26(31)20-7-9-21(30)10-8-20/h7-12,23,26,34H,4-6,13-16H2,1-3H3/t23-,26-,29-/m0/s1. The average Bonchev–Trinajstić information content (AvgIpc) is 2.87. The van der Waals surface area contributed by atoms with Crippen LogP contribution in [0.1, 0.15) is 60.4 Å². The fourth-order valence-corrected chi connectivity index (χ4v) is 6.16. The second-order valence-corrected chi connectivity index (χ2v) is 10.7. The van der Waals surface area contributed by atoms with E-state index >= 15 is 0 Å². The minimum atomic E-state index is -0.761. The van der Waals surface area contributed by atoms with Crippen molar-refractivity contribution in [2.24, 2.45) is 5.92 Å². The van der Waals surface area contributed by atoms with Crippen molar-refractivity contribution in [1.29, 1.82) is 0 Å². The third-order valence-corrected chi connectivity index (χ3v) is 8.53. The molecule has 190 valence electrons. The number of rotatable bonds is 4. The molecule has 2 aliphatic rings. The number of nitrogens with zero attached hydrogens (tertiary/aromatic N) is 1. The van der Waals surface area contributed by atoms with Gasteiger partial charge in [-0.2, -0.15) is 0 Å². The smallest absolute Gasteiger partial charge is 0.339 e. The van der Waals surface area contributed by atoms with E-state index in [0.29, 0.717) is 40.4 Å². The number of hydrogen-bond donors (Lipinski definition) is 1. The molecular formula is C29H32ClNO5. The van der Waals surface area contributed by atoms with Gasteiger partial charge in [0.25, 0.3) is 5.91 Å². The van der Waals surface area contributed by atoms with E-state index in [1.54, 1.807) is 6.92 Å². The van der Waals surface area contributed by atoms with Crippen molar-refractivity contribution in [3.05, 3.63) is 74.1 Å². The molecule has 1 aliphatic carbocycles. The molecule has 2 heterocycles. The Bertz CT molecular complexity index is 1360. The van der Waals surface area contributed by atoms with Crippen LogP contribution in [-0.4, -0.2) is 34.7 Å². The summed E-state index contributed by atoms with van der Waals surface area (Å²) in [6, 6.07) is 11.0. The van der Waals surface area contributed by atoms with Gasteiger partial charge in [-0.15, -0.1) is 0 Å². The summed E-state index contributed by atoms with van der Waals surface area (Å²) in [7, 11) is 0. The highest BCUT2D eigenvalue weighted by Crippen LogP contribution is 2.49. The maximum Gasteiger partial charge on any atom is 0.339 e. The van der Waals surface area contributed by atoms with Crippen LogP contribution in [0.5, 0.6) is 5.75 Å². The number of ether oxygens (including phenoxy) is 1. The van der Waals surface area contributed by atoms with Crippen molar-refractivity contribution in [3.8, 4) is 5.75 Å². The first-order chi connectivity index (χ1) is 17.2. The lowest BCUT2D eigenvalue weighted by molar-refractivity contribution is -0.157. The van der Waals surface area contributed by atoms with Crippen molar-refractivity contribution in [1.82, 2.24) is 4.90 Å². The number of carbonyl (C=O) groups is 1. The molecular weight excluding hydrogens is 478 g/mol. The Hall–Kier alpha value is -2.83. The van der Waals surface area contributed by atoms with Gasteiger partial charge in [-0.3, -0.25) is 4.79 Å². The fourth-order valence-electron chi connectivity index (χ4n) is 6.04. The molecule has 7 heteroatoms. The maximum atomic E-state index is 13.5. The highest BCUT2D eigenvalue weighted by molar-refractivity contribution is 6.30. The van der Waals surface area contributed by atoms with Gasteiger partial charge in [0.2, 0.25) is 0 Å². The number of benzene rings is 2. The zero-order valence-electron chi connectivity index (χ0n) is 21.0. The number of likely N-dealkylation sites (tertiary alicyclic amines) is 1. The van der Waals surface area contributed by atoms with E-state index in [-0.39, 0.29) is 30.1 Å². The van der Waals surface area contributed by atoms with Crippen molar-refractivity contribution in [2.75, 3.05) is 13.2 Å². The lowest BCUT2D eigenvalue weighted by Crippen LogP contribution is -2.56. The van der Waals surface area contributed by atoms with Gasteiger partial charge in [0.15, 0.2) is 6.61 Å². The summed E-state index contributed by atoms with van der Waals surface area (Å²) in [5.41, 5.74) is 2.50. The molecule has 5 rings (SSSR count). The Morgan fingerprint density at radius 1 is 1.08 bits per heavy atom. The number of fused-ring (bicyclic) bond motifs is 2. The summed E-state index contributed by atoms with van der Waals surface area (Å²) >= 11 is 6.14. The summed E-state index contributed by atoms with van der Waals surface area (Å²) in [5.74, 6) is 0.341. The van der Waals surface area contributed by atoms with Crippen LogP contribution in [-0.2, 0) is 4.79 Å². The van der Waals surface area contributed by atoms with E-state index in [0.717, 1.165) is 42.2 Å². The molecule has 0 bridgehead atoms. The lowest BCUT2D eigenvalue weighted by Gasteiger charge is -2.52. The zero-order chi connectivity index (χ0) is 25.6. The van der Waals surface area contributed by atoms with E-state index in [4.69, 9.17) is 20.8 Å². The Balaban J connectivity index is 1.42. The summed E-state index contributed by atoms with van der Waals surface area (Å²) < 4.78 is 11.6. The monoisotopic (exact) mass is 509 g/mol. The first-order valence-electron chi connectivity index (χ1n) is 12.6. The van der Waals surface area contributed by atoms with Crippen molar-refractivity contribution >= 4 is 28.5 Å². The molecule has 6 nitrogen and oxygen atoms in total. The third-order valence-electron chi connectivity index (χ3n) is 8.27. The molecule has 1 N–H and O–H groups in total. The number of piperidine rings is 1. The van der Waals surface area contributed by atoms with Gasteiger partial charge >= 0.3 is 5.63 Å². The molecule has 1 aliphatic heterocycles. The first-order valence-corrected chi connectivity index (χ1v) is 13.0. The predicted octanol–water partition coefficient (Wildman–Crippen LogP) is 5.65. The first kappa shape index (κ1) is 24.8. The summed E-state index contributed by atoms with van der Waals surface area (Å²) in [6.07, 6.45) is 4.24. The van der Waals surface area contributed by atoms with Gasteiger partial charge in [0.1, 0.15) is 11.3 Å². The largest absolute Gasteiger partial charge is 0.483 e. The molecule has 3 aromatic rings. The van der Waals surface area contributed by atoms with Crippen LogP contribution in [0.15, 0.2) is 45.6 Å². The topological polar surface area (TPSA) is 80.0 Å². The summed E-state index contributed by atoms with van der Waals surface area (Å²) in [6.45, 7) is 5.81. The van der Waals surface area contributed by atoms with Gasteiger partial charge in [0, 0.05) is 34.0 Å². The second-order valence-electron chi connectivity index (χ2n) is 10.3. The minimum absolute atomic E-state index is 0.0342. The van der Waals surface area contributed by atoms with Crippen molar-refractivity contribution < 1.29 is 19.1 Å². The third kappa shape index (κ3) is 4.31. The Morgan fingerprint density at radius 2 is 1.83 bits per heavy atom. The van der Waals surface area contributed by atoms with Crippen LogP contribution in [0.4, 0.5) is 0 Å². The lowest BCUT2D eigenvalue weighted by atomic mass is 9.66. The van der Waals surface area contributed by atoms with Crippen LogP contribution < -0.4 is 10.4 Å². The predicted molar refractivity (Wildman–Crippen MR) is 140 cm³/mol.